The molecule has 2 aliphatic heterocycles. The van der Waals surface area contributed by atoms with E-state index in [1.807, 2.05) is 4.90 Å². The number of aliphatic carboxylic acids is 1. The summed E-state index contributed by atoms with van der Waals surface area (Å²) in [4.78, 5) is 27.5. The maximum absolute atomic E-state index is 12.2. The first-order valence-corrected chi connectivity index (χ1v) is 7.29. The van der Waals surface area contributed by atoms with E-state index in [1.54, 1.807) is 13.8 Å². The average Bonchev–Trinajstić information content (AvgIpc) is 2.60. The third kappa shape index (κ3) is 3.06. The number of rotatable bonds is 3. The van der Waals surface area contributed by atoms with E-state index >= 15 is 0 Å². The van der Waals surface area contributed by atoms with Gasteiger partial charge in [0.05, 0.1) is 5.41 Å². The highest BCUT2D eigenvalue weighted by Crippen LogP contribution is 2.28. The number of hydrogen-bond donors (Lipinski definition) is 2. The van der Waals surface area contributed by atoms with Gasteiger partial charge in [0, 0.05) is 31.7 Å². The molecule has 2 unspecified atom stereocenters. The molecule has 0 aromatic heterocycles. The van der Waals surface area contributed by atoms with Crippen molar-refractivity contribution in [3.05, 3.63) is 0 Å². The lowest BCUT2D eigenvalue weighted by molar-refractivity contribution is -0.146. The zero-order valence-electron chi connectivity index (χ0n) is 12.6. The lowest BCUT2D eigenvalue weighted by atomic mass is 9.94. The Morgan fingerprint density at radius 3 is 2.55 bits per heavy atom. The van der Waals surface area contributed by atoms with Crippen molar-refractivity contribution in [2.75, 3.05) is 26.7 Å². The second-order valence-corrected chi connectivity index (χ2v) is 6.63. The number of carboxylic acid groups (broad SMARTS) is 1. The Morgan fingerprint density at radius 1 is 1.25 bits per heavy atom. The molecule has 2 rings (SSSR count). The highest BCUT2D eigenvalue weighted by molar-refractivity contribution is 5.77. The number of fused-ring (bicyclic) bond motifs is 2. The summed E-state index contributed by atoms with van der Waals surface area (Å²) in [5.74, 6) is -0.896. The third-order valence-corrected chi connectivity index (χ3v) is 4.70. The molecule has 114 valence electrons. The lowest BCUT2D eigenvalue weighted by Gasteiger charge is -2.27. The Morgan fingerprint density at radius 2 is 1.90 bits per heavy atom. The van der Waals surface area contributed by atoms with E-state index in [2.05, 4.69) is 17.3 Å². The van der Waals surface area contributed by atoms with Crippen LogP contribution in [0.2, 0.25) is 0 Å². The van der Waals surface area contributed by atoms with Crippen molar-refractivity contribution in [3.8, 4) is 0 Å². The summed E-state index contributed by atoms with van der Waals surface area (Å²) in [5, 5.41) is 11.8. The van der Waals surface area contributed by atoms with E-state index in [0.29, 0.717) is 12.1 Å². The van der Waals surface area contributed by atoms with Crippen LogP contribution >= 0.6 is 0 Å². The van der Waals surface area contributed by atoms with Gasteiger partial charge >= 0.3 is 12.0 Å². The van der Waals surface area contributed by atoms with E-state index in [4.69, 9.17) is 5.11 Å². The second-order valence-electron chi connectivity index (χ2n) is 6.63. The van der Waals surface area contributed by atoms with Gasteiger partial charge in [-0.1, -0.05) is 0 Å². The Kier molecular flexibility index (Phi) is 4.22. The first kappa shape index (κ1) is 15.1. The fourth-order valence-corrected chi connectivity index (χ4v) is 2.98. The Labute approximate surface area is 120 Å². The van der Waals surface area contributed by atoms with Crippen LogP contribution in [0.25, 0.3) is 0 Å². The smallest absolute Gasteiger partial charge is 0.317 e. The molecule has 0 aromatic rings. The van der Waals surface area contributed by atoms with E-state index in [-0.39, 0.29) is 12.6 Å². The largest absolute Gasteiger partial charge is 0.481 e. The number of nitrogens with zero attached hydrogens (tertiary/aromatic N) is 2. The number of likely N-dealkylation sites (N-methyl/N-ethyl adjacent to an activating group) is 1. The van der Waals surface area contributed by atoms with E-state index in [1.165, 1.54) is 6.42 Å². The number of carbonyl (C=O) groups is 2. The van der Waals surface area contributed by atoms with Crippen molar-refractivity contribution in [1.82, 2.24) is 15.1 Å². The van der Waals surface area contributed by atoms with Gasteiger partial charge < -0.3 is 15.3 Å². The van der Waals surface area contributed by atoms with Crippen LogP contribution in [0.4, 0.5) is 4.79 Å². The number of likely N-dealkylation sites (tertiary alicyclic amines) is 1. The molecule has 0 aliphatic carbocycles. The van der Waals surface area contributed by atoms with Crippen molar-refractivity contribution in [2.24, 2.45) is 5.41 Å². The molecular formula is C14H25N3O3. The Balaban J connectivity index is 1.89. The first-order chi connectivity index (χ1) is 9.31. The summed E-state index contributed by atoms with van der Waals surface area (Å²) >= 11 is 0. The van der Waals surface area contributed by atoms with E-state index in [0.717, 1.165) is 25.9 Å². The molecule has 2 amide bonds. The summed E-state index contributed by atoms with van der Waals surface area (Å²) in [6.07, 6.45) is 3.37. The summed E-state index contributed by atoms with van der Waals surface area (Å²) in [6.45, 7) is 4.89. The highest BCUT2D eigenvalue weighted by Gasteiger charge is 2.36. The molecule has 6 nitrogen and oxygen atoms in total. The van der Waals surface area contributed by atoms with Gasteiger partial charge in [-0.3, -0.25) is 9.69 Å². The summed E-state index contributed by atoms with van der Waals surface area (Å²) < 4.78 is 0. The third-order valence-electron chi connectivity index (χ3n) is 4.70. The molecule has 0 radical (unpaired) electrons. The molecule has 0 saturated carbocycles. The monoisotopic (exact) mass is 283 g/mol. The minimum absolute atomic E-state index is 0.139. The average molecular weight is 283 g/mol. The van der Waals surface area contributed by atoms with Crippen molar-refractivity contribution in [2.45, 2.75) is 45.2 Å². The molecule has 2 saturated heterocycles. The minimum atomic E-state index is -0.933. The first-order valence-electron chi connectivity index (χ1n) is 7.29. The van der Waals surface area contributed by atoms with E-state index < -0.39 is 11.4 Å². The van der Waals surface area contributed by atoms with Crippen molar-refractivity contribution in [1.29, 1.82) is 0 Å². The number of nitrogens with one attached hydrogen (secondary N) is 1. The topological polar surface area (TPSA) is 72.9 Å². The van der Waals surface area contributed by atoms with Crippen LogP contribution in [-0.4, -0.2) is 65.7 Å². The van der Waals surface area contributed by atoms with Crippen LogP contribution in [0.3, 0.4) is 0 Å². The molecule has 0 aromatic carbocycles. The molecule has 2 fully saturated rings. The zero-order valence-corrected chi connectivity index (χ0v) is 12.6. The Bertz CT molecular complexity index is 397. The highest BCUT2D eigenvalue weighted by atomic mass is 16.4. The van der Waals surface area contributed by atoms with Crippen LogP contribution in [-0.2, 0) is 4.79 Å². The number of carbonyl (C=O) groups excluding carboxylic acids is 1. The van der Waals surface area contributed by atoms with Gasteiger partial charge in [-0.05, 0) is 40.2 Å². The van der Waals surface area contributed by atoms with Gasteiger partial charge in [0.1, 0.15) is 0 Å². The van der Waals surface area contributed by atoms with Gasteiger partial charge in [-0.2, -0.15) is 0 Å². The molecule has 20 heavy (non-hydrogen) atoms. The molecule has 2 N–H and O–H groups in total. The van der Waals surface area contributed by atoms with E-state index in [9.17, 15) is 9.59 Å². The number of urea groups is 1. The predicted octanol–water partition coefficient (Wildman–Crippen LogP) is 0.975. The summed E-state index contributed by atoms with van der Waals surface area (Å²) in [7, 11) is 2.14. The molecule has 2 atom stereocenters. The maximum atomic E-state index is 12.2. The van der Waals surface area contributed by atoms with Crippen LogP contribution in [0.5, 0.6) is 0 Å². The molecular weight excluding hydrogens is 258 g/mol. The zero-order chi connectivity index (χ0) is 14.9. The number of amides is 2. The molecule has 6 heteroatoms. The Hall–Kier alpha value is -1.30. The molecule has 2 aliphatic rings. The predicted molar refractivity (Wildman–Crippen MR) is 75.6 cm³/mol. The molecule has 0 spiro atoms. The van der Waals surface area contributed by atoms with Crippen molar-refractivity contribution >= 4 is 12.0 Å². The minimum Gasteiger partial charge on any atom is -0.481 e. The van der Waals surface area contributed by atoms with Gasteiger partial charge in [0.25, 0.3) is 0 Å². The maximum Gasteiger partial charge on any atom is 0.317 e. The normalized spacial score (nSPS) is 27.2. The van der Waals surface area contributed by atoms with Gasteiger partial charge in [0.15, 0.2) is 0 Å². The molecule has 2 bridgehead atoms. The number of carboxylic acids is 1. The quantitative estimate of drug-likeness (QED) is 0.809. The van der Waals surface area contributed by atoms with Gasteiger partial charge in [0.2, 0.25) is 0 Å². The summed E-state index contributed by atoms with van der Waals surface area (Å²) in [5.41, 5.74) is -0.933. The van der Waals surface area contributed by atoms with Crippen LogP contribution < -0.4 is 5.32 Å². The van der Waals surface area contributed by atoms with Crippen molar-refractivity contribution in [3.63, 3.8) is 0 Å². The fraction of sp³-hybridized carbons (Fsp3) is 0.857. The van der Waals surface area contributed by atoms with Crippen LogP contribution in [0, 0.1) is 5.41 Å². The van der Waals surface area contributed by atoms with Crippen LogP contribution in [0.1, 0.15) is 33.1 Å². The SMILES string of the molecule is CN1C2CCC1CN(C(=O)NCC(C)(C)C(=O)O)CC2. The molecule has 2 heterocycles. The van der Waals surface area contributed by atoms with Gasteiger partial charge in [-0.25, -0.2) is 4.79 Å². The lowest BCUT2D eigenvalue weighted by Crippen LogP contribution is -2.48. The standard InChI is InChI=1S/C14H25N3O3/c1-14(2,12(18)19)9-15-13(20)17-7-6-10-4-5-11(8-17)16(10)3/h10-11H,4-9H2,1-3H3,(H,15,20)(H,18,19). The second kappa shape index (κ2) is 5.60. The number of hydrogen-bond acceptors (Lipinski definition) is 3. The van der Waals surface area contributed by atoms with Crippen molar-refractivity contribution < 1.29 is 14.7 Å². The van der Waals surface area contributed by atoms with Crippen LogP contribution in [0.15, 0.2) is 0 Å². The summed E-state index contributed by atoms with van der Waals surface area (Å²) in [6, 6.07) is 0.897. The van der Waals surface area contributed by atoms with Gasteiger partial charge in [-0.15, -0.1) is 0 Å². The fourth-order valence-electron chi connectivity index (χ4n) is 2.98.